The number of hydrogen-bond acceptors (Lipinski definition) is 2. The number of benzene rings is 2. The van der Waals surface area contributed by atoms with Gasteiger partial charge < -0.3 is 10.6 Å². The largest absolute Gasteiger partial charge is 0.362 e. The summed E-state index contributed by atoms with van der Waals surface area (Å²) in [5, 5.41) is 7.02. The SMILES string of the molecule is CCc1ccc(NC(=S)NCCCSCc2ccccc2F)cc1. The lowest BCUT2D eigenvalue weighted by atomic mass is 10.1. The quantitative estimate of drug-likeness (QED) is 0.510. The molecule has 0 saturated heterocycles. The molecule has 2 rings (SSSR count). The molecular formula is C19H23FN2S2. The molecule has 2 aromatic carbocycles. The first-order chi connectivity index (χ1) is 11.7. The van der Waals surface area contributed by atoms with Crippen LogP contribution in [0.25, 0.3) is 0 Å². The summed E-state index contributed by atoms with van der Waals surface area (Å²) in [6.45, 7) is 2.95. The zero-order chi connectivity index (χ0) is 17.2. The normalized spacial score (nSPS) is 10.4. The zero-order valence-corrected chi connectivity index (χ0v) is 15.5. The second-order valence-corrected chi connectivity index (χ2v) is 6.94. The van der Waals surface area contributed by atoms with Gasteiger partial charge in [0.1, 0.15) is 5.82 Å². The molecule has 0 amide bonds. The molecule has 0 aliphatic rings. The van der Waals surface area contributed by atoms with Gasteiger partial charge in [-0.15, -0.1) is 0 Å². The summed E-state index contributed by atoms with van der Waals surface area (Å²) in [7, 11) is 0. The van der Waals surface area contributed by atoms with Gasteiger partial charge in [0.2, 0.25) is 0 Å². The first-order valence-electron chi connectivity index (χ1n) is 8.14. The number of thioether (sulfide) groups is 1. The minimum Gasteiger partial charge on any atom is -0.362 e. The Morgan fingerprint density at radius 1 is 1.12 bits per heavy atom. The van der Waals surface area contributed by atoms with Gasteiger partial charge in [0.15, 0.2) is 5.11 Å². The van der Waals surface area contributed by atoms with Crippen LogP contribution < -0.4 is 10.6 Å². The summed E-state index contributed by atoms with van der Waals surface area (Å²) in [5.74, 6) is 1.55. The summed E-state index contributed by atoms with van der Waals surface area (Å²) >= 11 is 7.03. The molecular weight excluding hydrogens is 339 g/mol. The van der Waals surface area contributed by atoms with E-state index in [1.165, 1.54) is 11.6 Å². The lowest BCUT2D eigenvalue weighted by Crippen LogP contribution is -2.29. The smallest absolute Gasteiger partial charge is 0.170 e. The van der Waals surface area contributed by atoms with Crippen molar-refractivity contribution in [2.24, 2.45) is 0 Å². The van der Waals surface area contributed by atoms with Crippen molar-refractivity contribution in [1.82, 2.24) is 5.32 Å². The van der Waals surface area contributed by atoms with Crippen molar-refractivity contribution in [1.29, 1.82) is 0 Å². The molecule has 128 valence electrons. The average Bonchev–Trinajstić information content (AvgIpc) is 2.60. The van der Waals surface area contributed by atoms with Crippen molar-refractivity contribution in [2.45, 2.75) is 25.5 Å². The molecule has 2 nitrogen and oxygen atoms in total. The van der Waals surface area contributed by atoms with Gasteiger partial charge in [0.25, 0.3) is 0 Å². The van der Waals surface area contributed by atoms with Crippen LogP contribution in [0.1, 0.15) is 24.5 Å². The summed E-state index contributed by atoms with van der Waals surface area (Å²) in [6, 6.07) is 15.2. The van der Waals surface area contributed by atoms with Gasteiger partial charge in [0, 0.05) is 18.0 Å². The van der Waals surface area contributed by atoms with E-state index in [9.17, 15) is 4.39 Å². The number of nitrogens with one attached hydrogen (secondary N) is 2. The van der Waals surface area contributed by atoms with Gasteiger partial charge in [-0.25, -0.2) is 4.39 Å². The summed E-state index contributed by atoms with van der Waals surface area (Å²) in [6.07, 6.45) is 2.02. The van der Waals surface area contributed by atoms with Crippen LogP contribution in [0.3, 0.4) is 0 Å². The second-order valence-electron chi connectivity index (χ2n) is 5.43. The number of hydrogen-bond donors (Lipinski definition) is 2. The monoisotopic (exact) mass is 362 g/mol. The summed E-state index contributed by atoms with van der Waals surface area (Å²) in [4.78, 5) is 0. The maximum atomic E-state index is 13.5. The molecule has 0 spiro atoms. The first kappa shape index (κ1) is 18.7. The first-order valence-corrected chi connectivity index (χ1v) is 9.70. The van der Waals surface area contributed by atoms with E-state index >= 15 is 0 Å². The van der Waals surface area contributed by atoms with Gasteiger partial charge in [-0.3, -0.25) is 0 Å². The predicted octanol–water partition coefficient (Wildman–Crippen LogP) is 5.00. The molecule has 0 aliphatic carbocycles. The number of aryl methyl sites for hydroxylation is 1. The number of halogens is 1. The van der Waals surface area contributed by atoms with E-state index in [2.05, 4.69) is 29.7 Å². The molecule has 2 aromatic rings. The molecule has 0 aliphatic heterocycles. The highest BCUT2D eigenvalue weighted by Crippen LogP contribution is 2.15. The third-order valence-electron chi connectivity index (χ3n) is 3.59. The van der Waals surface area contributed by atoms with Gasteiger partial charge >= 0.3 is 0 Å². The van der Waals surface area contributed by atoms with Crippen LogP contribution in [0.2, 0.25) is 0 Å². The molecule has 0 fully saturated rings. The average molecular weight is 363 g/mol. The Kier molecular flexibility index (Phi) is 8.05. The van der Waals surface area contributed by atoms with Crippen molar-refractivity contribution in [3.63, 3.8) is 0 Å². The highest BCUT2D eigenvalue weighted by atomic mass is 32.2. The Bertz CT molecular complexity index is 644. The van der Waals surface area contributed by atoms with Gasteiger partial charge in [-0.2, -0.15) is 11.8 Å². The van der Waals surface area contributed by atoms with Crippen LogP contribution >= 0.6 is 24.0 Å². The molecule has 0 unspecified atom stereocenters. The van der Waals surface area contributed by atoms with Gasteiger partial charge in [-0.05, 0) is 60.1 Å². The van der Waals surface area contributed by atoms with Crippen LogP contribution in [0.4, 0.5) is 10.1 Å². The van der Waals surface area contributed by atoms with E-state index in [1.807, 2.05) is 24.3 Å². The van der Waals surface area contributed by atoms with Crippen LogP contribution in [-0.2, 0) is 12.2 Å². The van der Waals surface area contributed by atoms with E-state index < -0.39 is 0 Å². The van der Waals surface area contributed by atoms with E-state index in [1.54, 1.807) is 17.8 Å². The Hall–Kier alpha value is -1.59. The number of thiocarbonyl (C=S) groups is 1. The molecule has 24 heavy (non-hydrogen) atoms. The molecule has 0 atom stereocenters. The van der Waals surface area contributed by atoms with Gasteiger partial charge in [0.05, 0.1) is 0 Å². The van der Waals surface area contributed by atoms with Crippen LogP contribution in [-0.4, -0.2) is 17.4 Å². The fourth-order valence-corrected chi connectivity index (χ4v) is 3.34. The van der Waals surface area contributed by atoms with E-state index in [0.29, 0.717) is 10.9 Å². The lowest BCUT2D eigenvalue weighted by molar-refractivity contribution is 0.617. The molecule has 0 aromatic heterocycles. The topological polar surface area (TPSA) is 24.1 Å². The van der Waals surface area contributed by atoms with Crippen molar-refractivity contribution >= 4 is 34.8 Å². The maximum Gasteiger partial charge on any atom is 0.170 e. The predicted molar refractivity (Wildman–Crippen MR) is 107 cm³/mol. The highest BCUT2D eigenvalue weighted by Gasteiger charge is 2.01. The minimum atomic E-state index is -0.123. The highest BCUT2D eigenvalue weighted by molar-refractivity contribution is 7.98. The summed E-state index contributed by atoms with van der Waals surface area (Å²) in [5.41, 5.74) is 3.08. The van der Waals surface area contributed by atoms with E-state index in [0.717, 1.165) is 36.4 Å². The third kappa shape index (κ3) is 6.49. The Morgan fingerprint density at radius 3 is 2.58 bits per heavy atom. The molecule has 0 saturated carbocycles. The molecule has 2 N–H and O–H groups in total. The fraction of sp³-hybridized carbons (Fsp3) is 0.316. The van der Waals surface area contributed by atoms with Gasteiger partial charge in [-0.1, -0.05) is 37.3 Å². The molecule has 5 heteroatoms. The van der Waals surface area contributed by atoms with Crippen molar-refractivity contribution < 1.29 is 4.39 Å². The Balaban J connectivity index is 1.58. The van der Waals surface area contributed by atoms with Crippen molar-refractivity contribution in [3.05, 3.63) is 65.5 Å². The Morgan fingerprint density at radius 2 is 1.88 bits per heavy atom. The lowest BCUT2D eigenvalue weighted by Gasteiger charge is -2.11. The number of anilines is 1. The Labute approximate surface area is 153 Å². The zero-order valence-electron chi connectivity index (χ0n) is 13.8. The van der Waals surface area contributed by atoms with Crippen molar-refractivity contribution in [3.8, 4) is 0 Å². The van der Waals surface area contributed by atoms with Crippen LogP contribution in [0, 0.1) is 5.82 Å². The number of rotatable bonds is 8. The molecule has 0 heterocycles. The molecule has 0 radical (unpaired) electrons. The standard InChI is InChI=1S/C19H23FN2S2/c1-2-15-8-10-17(11-9-15)22-19(23)21-12-5-13-24-14-16-6-3-4-7-18(16)20/h3-4,6-11H,2,5,12-14H2,1H3,(H2,21,22,23). The van der Waals surface area contributed by atoms with E-state index in [4.69, 9.17) is 12.2 Å². The van der Waals surface area contributed by atoms with Crippen LogP contribution in [0.5, 0.6) is 0 Å². The third-order valence-corrected chi connectivity index (χ3v) is 4.93. The second kappa shape index (κ2) is 10.3. The fourth-order valence-electron chi connectivity index (χ4n) is 2.17. The van der Waals surface area contributed by atoms with E-state index in [-0.39, 0.29) is 5.82 Å². The summed E-state index contributed by atoms with van der Waals surface area (Å²) < 4.78 is 13.5. The van der Waals surface area contributed by atoms with Crippen molar-refractivity contribution in [2.75, 3.05) is 17.6 Å². The van der Waals surface area contributed by atoms with Crippen LogP contribution in [0.15, 0.2) is 48.5 Å². The minimum absolute atomic E-state index is 0.123. The maximum absolute atomic E-state index is 13.5. The molecule has 0 bridgehead atoms.